The van der Waals surface area contributed by atoms with Crippen LogP contribution in [0.1, 0.15) is 12.8 Å². The third kappa shape index (κ3) is 6.27. The molecule has 0 aliphatic carbocycles. The summed E-state index contributed by atoms with van der Waals surface area (Å²) >= 11 is 1.68. The number of aliphatic imine (C=N–C) groups is 1. The third-order valence-electron chi connectivity index (χ3n) is 2.58. The second kappa shape index (κ2) is 9.40. The van der Waals surface area contributed by atoms with Gasteiger partial charge in [0.15, 0.2) is 12.0 Å². The first-order chi connectivity index (χ1) is 10.5. The fourth-order valence-electron chi connectivity index (χ4n) is 1.52. The van der Waals surface area contributed by atoms with E-state index >= 15 is 0 Å². The maximum atomic E-state index is 10.3. The molecule has 0 saturated heterocycles. The van der Waals surface area contributed by atoms with Crippen molar-refractivity contribution in [3.63, 3.8) is 0 Å². The van der Waals surface area contributed by atoms with Crippen LogP contribution in [0.25, 0.3) is 10.2 Å². The average Bonchev–Trinajstić information content (AvgIpc) is 2.95. The summed E-state index contributed by atoms with van der Waals surface area (Å²) in [6, 6.07) is 6.93. The van der Waals surface area contributed by atoms with Crippen molar-refractivity contribution < 1.29 is 9.90 Å². The van der Waals surface area contributed by atoms with E-state index in [4.69, 9.17) is 16.6 Å². The van der Waals surface area contributed by atoms with Crippen LogP contribution in [0.3, 0.4) is 0 Å². The number of benzene rings is 1. The van der Waals surface area contributed by atoms with Gasteiger partial charge in [0.05, 0.1) is 15.7 Å². The van der Waals surface area contributed by atoms with E-state index in [0.717, 1.165) is 5.52 Å². The second-order valence-electron chi connectivity index (χ2n) is 4.23. The SMILES string of the molecule is NC(N)=NCCC[C@H](N=O)C(=O)O.c1ccc2scnc2c1. The van der Waals surface area contributed by atoms with Crippen LogP contribution in [0.15, 0.2) is 39.9 Å². The van der Waals surface area contributed by atoms with Crippen molar-refractivity contribution >= 4 is 33.5 Å². The molecule has 0 aliphatic rings. The monoisotopic (exact) mass is 323 g/mol. The van der Waals surface area contributed by atoms with Crippen molar-refractivity contribution in [2.24, 2.45) is 21.6 Å². The Morgan fingerprint density at radius 3 is 2.68 bits per heavy atom. The zero-order valence-corrected chi connectivity index (χ0v) is 12.6. The topological polar surface area (TPSA) is 144 Å². The van der Waals surface area contributed by atoms with Gasteiger partial charge in [0.1, 0.15) is 0 Å². The highest BCUT2D eigenvalue weighted by Crippen LogP contribution is 2.15. The number of guanidine groups is 1. The van der Waals surface area contributed by atoms with Crippen molar-refractivity contribution in [2.75, 3.05) is 6.54 Å². The van der Waals surface area contributed by atoms with Crippen LogP contribution in [-0.4, -0.2) is 34.6 Å². The van der Waals surface area contributed by atoms with E-state index in [1.165, 1.54) is 4.70 Å². The van der Waals surface area contributed by atoms with Crippen LogP contribution < -0.4 is 11.5 Å². The minimum Gasteiger partial charge on any atom is -0.480 e. The van der Waals surface area contributed by atoms with E-state index in [1.54, 1.807) is 11.3 Å². The van der Waals surface area contributed by atoms with Crippen LogP contribution in [0.5, 0.6) is 0 Å². The largest absolute Gasteiger partial charge is 0.480 e. The smallest absolute Gasteiger partial charge is 0.332 e. The van der Waals surface area contributed by atoms with E-state index in [1.807, 2.05) is 23.7 Å². The predicted molar refractivity (Wildman–Crippen MR) is 86.7 cm³/mol. The van der Waals surface area contributed by atoms with Gasteiger partial charge in [0.25, 0.3) is 0 Å². The van der Waals surface area contributed by atoms with Gasteiger partial charge in [-0.1, -0.05) is 17.3 Å². The van der Waals surface area contributed by atoms with Crippen molar-refractivity contribution in [1.82, 2.24) is 4.98 Å². The normalized spacial score (nSPS) is 11.1. The molecule has 22 heavy (non-hydrogen) atoms. The fourth-order valence-corrected chi connectivity index (χ4v) is 2.20. The van der Waals surface area contributed by atoms with Crippen LogP contribution in [0, 0.1) is 4.91 Å². The lowest BCUT2D eigenvalue weighted by molar-refractivity contribution is -0.138. The summed E-state index contributed by atoms with van der Waals surface area (Å²) in [5.74, 6) is -1.27. The molecule has 2 rings (SSSR count). The lowest BCUT2D eigenvalue weighted by atomic mass is 10.2. The van der Waals surface area contributed by atoms with Crippen molar-refractivity contribution in [1.29, 1.82) is 0 Å². The quantitative estimate of drug-likeness (QED) is 0.318. The Hall–Kier alpha value is -2.55. The number of fused-ring (bicyclic) bond motifs is 1. The van der Waals surface area contributed by atoms with Crippen LogP contribution >= 0.6 is 11.3 Å². The number of nitroso groups, excluding NO2 is 1. The summed E-state index contributed by atoms with van der Waals surface area (Å²) in [5.41, 5.74) is 13.0. The number of nitrogens with zero attached hydrogens (tertiary/aromatic N) is 3. The molecular formula is C13H17N5O3S. The van der Waals surface area contributed by atoms with Gasteiger partial charge in [-0.2, -0.15) is 0 Å². The first-order valence-electron chi connectivity index (χ1n) is 6.43. The van der Waals surface area contributed by atoms with Crippen molar-refractivity contribution in [3.8, 4) is 0 Å². The molecule has 1 atom stereocenters. The molecule has 1 heterocycles. The highest BCUT2D eigenvalue weighted by atomic mass is 32.1. The zero-order valence-electron chi connectivity index (χ0n) is 11.8. The Kier molecular flexibility index (Phi) is 7.48. The van der Waals surface area contributed by atoms with Gasteiger partial charge in [-0.05, 0) is 25.0 Å². The number of carboxylic acids is 1. The lowest BCUT2D eigenvalue weighted by Gasteiger charge is -2.00. The number of rotatable bonds is 6. The van der Waals surface area contributed by atoms with E-state index < -0.39 is 12.0 Å². The number of carbonyl (C=O) groups is 1. The number of carboxylic acid groups (broad SMARTS) is 1. The van der Waals surface area contributed by atoms with Gasteiger partial charge < -0.3 is 16.6 Å². The maximum absolute atomic E-state index is 10.3. The number of aliphatic carboxylic acids is 1. The number of aromatic nitrogens is 1. The van der Waals surface area contributed by atoms with Crippen LogP contribution in [0.4, 0.5) is 0 Å². The molecule has 0 bridgehead atoms. The van der Waals surface area contributed by atoms with Gasteiger partial charge in [0.2, 0.25) is 0 Å². The standard InChI is InChI=1S/C7H5NS.C6H12N4O3/c1-2-4-7-6(3-1)8-5-9-7;7-6(8)9-3-1-2-4(10-13)5(11)12/h1-5H;4H,1-3H2,(H,11,12)(H4,7,8,9)/t;4-/m.0/s1. The average molecular weight is 323 g/mol. The number of hydrogen-bond acceptors (Lipinski definition) is 6. The molecule has 1 aromatic carbocycles. The Bertz CT molecular complexity index is 609. The van der Waals surface area contributed by atoms with Crippen molar-refractivity contribution in [3.05, 3.63) is 34.7 Å². The Balaban J connectivity index is 0.000000231. The highest BCUT2D eigenvalue weighted by Gasteiger charge is 2.16. The predicted octanol–water partition coefficient (Wildman–Crippen LogP) is 1.56. The van der Waals surface area contributed by atoms with Crippen molar-refractivity contribution in [2.45, 2.75) is 18.9 Å². The molecule has 0 saturated carbocycles. The molecule has 0 aliphatic heterocycles. The second-order valence-corrected chi connectivity index (χ2v) is 5.11. The summed E-state index contributed by atoms with van der Waals surface area (Å²) in [4.78, 5) is 28.0. The zero-order chi connectivity index (χ0) is 16.4. The molecule has 9 heteroatoms. The number of thiazole rings is 1. The Labute approximate surface area is 130 Å². The highest BCUT2D eigenvalue weighted by molar-refractivity contribution is 7.16. The van der Waals surface area contributed by atoms with E-state index in [-0.39, 0.29) is 12.4 Å². The molecule has 2 aromatic rings. The molecule has 1 aromatic heterocycles. The molecular weight excluding hydrogens is 306 g/mol. The first-order valence-corrected chi connectivity index (χ1v) is 7.31. The lowest BCUT2D eigenvalue weighted by Crippen LogP contribution is -2.23. The molecule has 0 amide bonds. The Morgan fingerprint density at radius 2 is 2.09 bits per heavy atom. The Morgan fingerprint density at radius 1 is 1.36 bits per heavy atom. The van der Waals surface area contributed by atoms with Gasteiger partial charge >= 0.3 is 5.97 Å². The molecule has 0 unspecified atom stereocenters. The summed E-state index contributed by atoms with van der Waals surface area (Å²) in [7, 11) is 0. The van der Waals surface area contributed by atoms with E-state index in [9.17, 15) is 9.70 Å². The van der Waals surface area contributed by atoms with E-state index in [2.05, 4.69) is 21.2 Å². The summed E-state index contributed by atoms with van der Waals surface area (Å²) in [6.45, 7) is 0.307. The van der Waals surface area contributed by atoms with Crippen LogP contribution in [-0.2, 0) is 4.79 Å². The molecule has 0 fully saturated rings. The number of hydrogen-bond donors (Lipinski definition) is 3. The summed E-state index contributed by atoms with van der Waals surface area (Å²) < 4.78 is 1.26. The van der Waals surface area contributed by atoms with Gasteiger partial charge in [-0.3, -0.25) is 4.99 Å². The number of para-hydroxylation sites is 1. The first kappa shape index (κ1) is 17.5. The van der Waals surface area contributed by atoms with E-state index in [0.29, 0.717) is 13.0 Å². The minimum absolute atomic E-state index is 0.0501. The molecule has 0 radical (unpaired) electrons. The fraction of sp³-hybridized carbons (Fsp3) is 0.308. The molecule has 118 valence electrons. The number of nitrogens with two attached hydrogens (primary N) is 2. The minimum atomic E-state index is -1.22. The summed E-state index contributed by atoms with van der Waals surface area (Å²) in [6.07, 6.45) is 0.566. The third-order valence-corrected chi connectivity index (χ3v) is 3.39. The van der Waals surface area contributed by atoms with Gasteiger partial charge in [0, 0.05) is 6.54 Å². The van der Waals surface area contributed by atoms with Crippen LogP contribution in [0.2, 0.25) is 0 Å². The molecule has 5 N–H and O–H groups in total. The van der Waals surface area contributed by atoms with Gasteiger partial charge in [-0.15, -0.1) is 16.2 Å². The molecule has 0 spiro atoms. The van der Waals surface area contributed by atoms with Gasteiger partial charge in [-0.25, -0.2) is 9.78 Å². The molecule has 8 nitrogen and oxygen atoms in total. The maximum Gasteiger partial charge on any atom is 0.332 e. The summed E-state index contributed by atoms with van der Waals surface area (Å²) in [5, 5.41) is 10.8.